The average Bonchev–Trinajstić information content (AvgIpc) is 2.46. The highest BCUT2D eigenvalue weighted by Crippen LogP contribution is 2.20. The van der Waals surface area contributed by atoms with Gasteiger partial charge in [0, 0.05) is 18.8 Å². The Labute approximate surface area is 125 Å². The van der Waals surface area contributed by atoms with Crippen LogP contribution in [0.4, 0.5) is 11.5 Å². The molecule has 4 heteroatoms. The average molecular weight is 283 g/mol. The number of para-hydroxylation sites is 1. The van der Waals surface area contributed by atoms with E-state index in [-0.39, 0.29) is 11.9 Å². The van der Waals surface area contributed by atoms with E-state index in [0.717, 1.165) is 11.3 Å². The molecule has 1 N–H and O–H groups in total. The van der Waals surface area contributed by atoms with Crippen molar-refractivity contribution in [2.45, 2.75) is 26.8 Å². The number of nitrogens with one attached hydrogen (secondary N) is 1. The molecule has 1 aromatic carbocycles. The molecule has 0 aliphatic heterocycles. The van der Waals surface area contributed by atoms with Gasteiger partial charge in [0.15, 0.2) is 0 Å². The Morgan fingerprint density at radius 2 is 1.86 bits per heavy atom. The number of carbonyl (C=O) groups is 1. The van der Waals surface area contributed by atoms with Crippen molar-refractivity contribution >= 4 is 17.4 Å². The van der Waals surface area contributed by atoms with E-state index in [1.807, 2.05) is 57.2 Å². The second kappa shape index (κ2) is 6.39. The van der Waals surface area contributed by atoms with Gasteiger partial charge in [-0.2, -0.15) is 0 Å². The summed E-state index contributed by atoms with van der Waals surface area (Å²) in [5, 5.41) is 3.21. The smallest absolute Gasteiger partial charge is 0.276 e. The molecular weight excluding hydrogens is 262 g/mol. The zero-order chi connectivity index (χ0) is 15.4. The van der Waals surface area contributed by atoms with Crippen LogP contribution in [0.5, 0.6) is 0 Å². The summed E-state index contributed by atoms with van der Waals surface area (Å²) in [6.45, 7) is 6.06. The number of carbonyl (C=O) groups excluding carboxylic acids is 1. The molecule has 0 atom stereocenters. The number of pyridine rings is 1. The normalized spacial score (nSPS) is 10.5. The lowest BCUT2D eigenvalue weighted by molar-refractivity contribution is 0.0988. The van der Waals surface area contributed by atoms with Gasteiger partial charge < -0.3 is 10.2 Å². The molecule has 1 heterocycles. The monoisotopic (exact) mass is 283 g/mol. The van der Waals surface area contributed by atoms with Crippen LogP contribution in [-0.2, 0) is 0 Å². The second-order valence-electron chi connectivity index (χ2n) is 5.36. The van der Waals surface area contributed by atoms with Crippen molar-refractivity contribution in [3.8, 4) is 0 Å². The fraction of sp³-hybridized carbons (Fsp3) is 0.294. The zero-order valence-electron chi connectivity index (χ0n) is 12.9. The maximum absolute atomic E-state index is 12.6. The van der Waals surface area contributed by atoms with Crippen LogP contribution in [0, 0.1) is 6.92 Å². The van der Waals surface area contributed by atoms with Crippen molar-refractivity contribution in [2.24, 2.45) is 0 Å². The van der Waals surface area contributed by atoms with Crippen LogP contribution in [0.3, 0.4) is 0 Å². The van der Waals surface area contributed by atoms with Gasteiger partial charge in [0.05, 0.1) is 0 Å². The molecule has 1 amide bonds. The first-order valence-corrected chi connectivity index (χ1v) is 7.06. The molecule has 0 saturated carbocycles. The summed E-state index contributed by atoms with van der Waals surface area (Å²) < 4.78 is 0. The molecule has 0 aliphatic carbocycles. The molecule has 0 saturated heterocycles. The lowest BCUT2D eigenvalue weighted by Gasteiger charge is -2.19. The minimum atomic E-state index is -0.114. The van der Waals surface area contributed by atoms with E-state index in [1.54, 1.807) is 18.0 Å². The number of aromatic nitrogens is 1. The number of nitrogens with zero attached hydrogens (tertiary/aromatic N) is 2. The van der Waals surface area contributed by atoms with Gasteiger partial charge in [0.25, 0.3) is 5.91 Å². The first-order valence-electron chi connectivity index (χ1n) is 7.06. The molecule has 110 valence electrons. The number of aryl methyl sites for hydroxylation is 1. The Morgan fingerprint density at radius 1 is 1.14 bits per heavy atom. The van der Waals surface area contributed by atoms with Crippen LogP contribution >= 0.6 is 0 Å². The maximum Gasteiger partial charge on any atom is 0.276 e. The Bertz CT molecular complexity index is 637. The molecule has 0 radical (unpaired) electrons. The predicted octanol–water partition coefficient (Wildman–Crippen LogP) is 3.49. The fourth-order valence-electron chi connectivity index (χ4n) is 2.15. The fourth-order valence-corrected chi connectivity index (χ4v) is 2.15. The highest BCUT2D eigenvalue weighted by atomic mass is 16.2. The lowest BCUT2D eigenvalue weighted by Crippen LogP contribution is -2.28. The van der Waals surface area contributed by atoms with E-state index >= 15 is 0 Å². The molecule has 0 unspecified atom stereocenters. The van der Waals surface area contributed by atoms with Gasteiger partial charge in [0.2, 0.25) is 0 Å². The third-order valence-corrected chi connectivity index (χ3v) is 3.19. The summed E-state index contributed by atoms with van der Waals surface area (Å²) in [5.74, 6) is 0.603. The van der Waals surface area contributed by atoms with Crippen LogP contribution < -0.4 is 10.2 Å². The Balaban J connectivity index is 2.25. The van der Waals surface area contributed by atoms with Gasteiger partial charge in [-0.15, -0.1) is 0 Å². The van der Waals surface area contributed by atoms with E-state index < -0.39 is 0 Å². The number of anilines is 2. The Hall–Kier alpha value is -2.36. The van der Waals surface area contributed by atoms with Crippen molar-refractivity contribution in [2.75, 3.05) is 17.3 Å². The Kier molecular flexibility index (Phi) is 4.58. The molecule has 0 aliphatic rings. The standard InChI is InChI=1S/C17H21N3O/c1-12(2)18-16-11-7-9-14(19-16)17(21)20(4)15-10-6-5-8-13(15)3/h5-12H,1-4H3,(H,18,19). The van der Waals surface area contributed by atoms with E-state index in [2.05, 4.69) is 10.3 Å². The first kappa shape index (κ1) is 15.0. The minimum Gasteiger partial charge on any atom is -0.368 e. The molecule has 0 spiro atoms. The van der Waals surface area contributed by atoms with E-state index in [0.29, 0.717) is 11.5 Å². The number of hydrogen-bond donors (Lipinski definition) is 1. The molecule has 0 fully saturated rings. The number of amides is 1. The van der Waals surface area contributed by atoms with Gasteiger partial charge in [-0.3, -0.25) is 4.79 Å². The summed E-state index contributed by atoms with van der Waals surface area (Å²) in [5.41, 5.74) is 2.39. The molecular formula is C17H21N3O. The molecule has 21 heavy (non-hydrogen) atoms. The SMILES string of the molecule is Cc1ccccc1N(C)C(=O)c1cccc(NC(C)C)n1. The van der Waals surface area contributed by atoms with Gasteiger partial charge in [0.1, 0.15) is 11.5 Å². The van der Waals surface area contributed by atoms with Crippen LogP contribution in [0.25, 0.3) is 0 Å². The summed E-state index contributed by atoms with van der Waals surface area (Å²) in [6, 6.07) is 13.5. The topological polar surface area (TPSA) is 45.2 Å². The van der Waals surface area contributed by atoms with Crippen molar-refractivity contribution < 1.29 is 4.79 Å². The second-order valence-corrected chi connectivity index (χ2v) is 5.36. The third-order valence-electron chi connectivity index (χ3n) is 3.19. The first-order chi connectivity index (χ1) is 9.99. The summed E-state index contributed by atoms with van der Waals surface area (Å²) in [7, 11) is 1.77. The van der Waals surface area contributed by atoms with Gasteiger partial charge in [-0.1, -0.05) is 24.3 Å². The molecule has 1 aromatic heterocycles. The highest BCUT2D eigenvalue weighted by molar-refractivity contribution is 6.05. The number of benzene rings is 1. The summed E-state index contributed by atoms with van der Waals surface area (Å²) in [4.78, 5) is 18.6. The molecule has 2 rings (SSSR count). The quantitative estimate of drug-likeness (QED) is 0.934. The zero-order valence-corrected chi connectivity index (χ0v) is 12.9. The van der Waals surface area contributed by atoms with Gasteiger partial charge in [-0.25, -0.2) is 4.98 Å². The largest absolute Gasteiger partial charge is 0.368 e. The van der Waals surface area contributed by atoms with E-state index in [4.69, 9.17) is 0 Å². The van der Waals surface area contributed by atoms with E-state index in [1.165, 1.54) is 0 Å². The molecule has 0 bridgehead atoms. The molecule has 4 nitrogen and oxygen atoms in total. The highest BCUT2D eigenvalue weighted by Gasteiger charge is 2.16. The van der Waals surface area contributed by atoms with Crippen LogP contribution in [-0.4, -0.2) is 24.0 Å². The van der Waals surface area contributed by atoms with E-state index in [9.17, 15) is 4.79 Å². The van der Waals surface area contributed by atoms with Crippen LogP contribution in [0.15, 0.2) is 42.5 Å². The molecule has 2 aromatic rings. The van der Waals surface area contributed by atoms with Gasteiger partial charge in [-0.05, 0) is 44.5 Å². The number of hydrogen-bond acceptors (Lipinski definition) is 3. The van der Waals surface area contributed by atoms with Crippen LogP contribution in [0.2, 0.25) is 0 Å². The minimum absolute atomic E-state index is 0.114. The van der Waals surface area contributed by atoms with Crippen molar-refractivity contribution in [3.05, 3.63) is 53.7 Å². The predicted molar refractivity (Wildman–Crippen MR) is 86.9 cm³/mol. The summed E-state index contributed by atoms with van der Waals surface area (Å²) >= 11 is 0. The van der Waals surface area contributed by atoms with Crippen molar-refractivity contribution in [1.82, 2.24) is 4.98 Å². The third kappa shape index (κ3) is 3.60. The van der Waals surface area contributed by atoms with Gasteiger partial charge >= 0.3 is 0 Å². The maximum atomic E-state index is 12.6. The van der Waals surface area contributed by atoms with Crippen molar-refractivity contribution in [3.63, 3.8) is 0 Å². The lowest BCUT2D eigenvalue weighted by atomic mass is 10.2. The number of rotatable bonds is 4. The summed E-state index contributed by atoms with van der Waals surface area (Å²) in [6.07, 6.45) is 0. The van der Waals surface area contributed by atoms with Crippen LogP contribution in [0.1, 0.15) is 29.9 Å². The Morgan fingerprint density at radius 3 is 2.52 bits per heavy atom. The van der Waals surface area contributed by atoms with Crippen molar-refractivity contribution in [1.29, 1.82) is 0 Å².